The summed E-state index contributed by atoms with van der Waals surface area (Å²) in [6.07, 6.45) is 4.66. The highest BCUT2D eigenvalue weighted by molar-refractivity contribution is 5.35. The van der Waals surface area contributed by atoms with E-state index >= 15 is 0 Å². The fourth-order valence-electron chi connectivity index (χ4n) is 2.36. The minimum atomic E-state index is 0.174. The second-order valence-corrected chi connectivity index (χ2v) is 5.37. The van der Waals surface area contributed by atoms with E-state index in [-0.39, 0.29) is 6.04 Å². The van der Waals surface area contributed by atoms with Gasteiger partial charge in [0, 0.05) is 5.56 Å². The lowest BCUT2D eigenvalue weighted by Crippen LogP contribution is -2.21. The summed E-state index contributed by atoms with van der Waals surface area (Å²) in [6.45, 7) is 5.00. The number of rotatable bonds is 6. The Hall–Kier alpha value is -1.74. The quantitative estimate of drug-likeness (QED) is 0.867. The van der Waals surface area contributed by atoms with Crippen molar-refractivity contribution in [2.75, 3.05) is 6.54 Å². The van der Waals surface area contributed by atoms with E-state index in [2.05, 4.69) is 42.6 Å². The molecule has 3 nitrogen and oxygen atoms in total. The molecule has 3 heteroatoms. The van der Waals surface area contributed by atoms with Crippen LogP contribution in [0.2, 0.25) is 0 Å². The molecule has 1 heterocycles. The highest BCUT2D eigenvalue weighted by atomic mass is 16.5. The molecule has 1 unspecified atom stereocenters. The minimum Gasteiger partial charge on any atom is -0.490 e. The smallest absolute Gasteiger partial charge is 0.119 e. The zero-order valence-electron chi connectivity index (χ0n) is 12.1. The Kier molecular flexibility index (Phi) is 3.79. The van der Waals surface area contributed by atoms with E-state index in [4.69, 9.17) is 9.15 Å². The van der Waals surface area contributed by atoms with E-state index in [0.717, 1.165) is 18.1 Å². The van der Waals surface area contributed by atoms with Gasteiger partial charge in [-0.25, -0.2) is 0 Å². The third-order valence-corrected chi connectivity index (χ3v) is 3.53. The molecular formula is C17H21NO2. The maximum absolute atomic E-state index is 5.79. The highest BCUT2D eigenvalue weighted by Gasteiger charge is 2.23. The lowest BCUT2D eigenvalue weighted by molar-refractivity contribution is 0.303. The molecule has 1 aromatic heterocycles. The molecule has 1 atom stereocenters. The van der Waals surface area contributed by atoms with Gasteiger partial charge in [-0.2, -0.15) is 0 Å². The van der Waals surface area contributed by atoms with Crippen LogP contribution in [0.5, 0.6) is 5.75 Å². The first-order valence-corrected chi connectivity index (χ1v) is 7.31. The molecule has 106 valence electrons. The molecule has 1 aliphatic carbocycles. The van der Waals surface area contributed by atoms with Gasteiger partial charge in [0.25, 0.3) is 0 Å². The van der Waals surface area contributed by atoms with Gasteiger partial charge in [0.2, 0.25) is 0 Å². The fraction of sp³-hybridized carbons (Fsp3) is 0.412. The second-order valence-electron chi connectivity index (χ2n) is 5.37. The molecular weight excluding hydrogens is 250 g/mol. The van der Waals surface area contributed by atoms with Crippen LogP contribution in [0.3, 0.4) is 0 Å². The van der Waals surface area contributed by atoms with Gasteiger partial charge in [0.1, 0.15) is 11.5 Å². The van der Waals surface area contributed by atoms with Crippen LogP contribution in [-0.4, -0.2) is 12.6 Å². The molecule has 0 saturated heterocycles. The van der Waals surface area contributed by atoms with Crippen molar-refractivity contribution in [3.63, 3.8) is 0 Å². The summed E-state index contributed by atoms with van der Waals surface area (Å²) < 4.78 is 11.2. The Morgan fingerprint density at radius 1 is 1.25 bits per heavy atom. The molecule has 1 aromatic carbocycles. The summed E-state index contributed by atoms with van der Waals surface area (Å²) in [4.78, 5) is 0. The summed E-state index contributed by atoms with van der Waals surface area (Å²) in [5, 5.41) is 3.50. The lowest BCUT2D eigenvalue weighted by Gasteiger charge is -2.17. The van der Waals surface area contributed by atoms with Crippen molar-refractivity contribution >= 4 is 0 Å². The summed E-state index contributed by atoms with van der Waals surface area (Å²) in [5.41, 5.74) is 2.40. The summed E-state index contributed by atoms with van der Waals surface area (Å²) in [6, 6.07) is 10.6. The van der Waals surface area contributed by atoms with Crippen molar-refractivity contribution < 1.29 is 9.15 Å². The Bertz CT molecular complexity index is 555. The average molecular weight is 271 g/mol. The van der Waals surface area contributed by atoms with Crippen molar-refractivity contribution in [3.05, 3.63) is 53.5 Å². The first-order valence-electron chi connectivity index (χ1n) is 7.31. The molecule has 1 fully saturated rings. The molecule has 0 amide bonds. The van der Waals surface area contributed by atoms with E-state index in [1.54, 1.807) is 0 Å². The Labute approximate surface area is 119 Å². The molecule has 1 aliphatic rings. The van der Waals surface area contributed by atoms with E-state index in [9.17, 15) is 0 Å². The second kappa shape index (κ2) is 5.71. The van der Waals surface area contributed by atoms with Crippen LogP contribution in [0.4, 0.5) is 0 Å². The van der Waals surface area contributed by atoms with Gasteiger partial charge in [0.15, 0.2) is 0 Å². The van der Waals surface area contributed by atoms with Crippen molar-refractivity contribution in [2.45, 2.75) is 38.8 Å². The van der Waals surface area contributed by atoms with Crippen LogP contribution < -0.4 is 10.1 Å². The maximum atomic E-state index is 5.79. The monoisotopic (exact) mass is 271 g/mol. The van der Waals surface area contributed by atoms with Crippen molar-refractivity contribution in [2.24, 2.45) is 0 Å². The van der Waals surface area contributed by atoms with Gasteiger partial charge in [-0.3, -0.25) is 0 Å². The van der Waals surface area contributed by atoms with Crippen molar-refractivity contribution in [1.29, 1.82) is 0 Å². The van der Waals surface area contributed by atoms with E-state index < -0.39 is 0 Å². The van der Waals surface area contributed by atoms with E-state index in [1.165, 1.54) is 24.0 Å². The molecule has 0 spiro atoms. The van der Waals surface area contributed by atoms with Crippen LogP contribution >= 0.6 is 0 Å². The van der Waals surface area contributed by atoms with Crippen LogP contribution in [0, 0.1) is 6.92 Å². The Morgan fingerprint density at radius 2 is 2.00 bits per heavy atom. The predicted molar refractivity (Wildman–Crippen MR) is 79.1 cm³/mol. The fourth-order valence-corrected chi connectivity index (χ4v) is 2.36. The maximum Gasteiger partial charge on any atom is 0.119 e. The van der Waals surface area contributed by atoms with Gasteiger partial charge in [-0.15, -0.1) is 0 Å². The van der Waals surface area contributed by atoms with Crippen LogP contribution in [0.15, 0.2) is 41.0 Å². The van der Waals surface area contributed by atoms with Crippen LogP contribution in [0.25, 0.3) is 0 Å². The Balaban J connectivity index is 1.79. The SMILES string of the molecule is CCNC(c1ccc(OC2CC2)cc1)c1coc(C)c1. The lowest BCUT2D eigenvalue weighted by atomic mass is 10.0. The molecule has 1 saturated carbocycles. The third-order valence-electron chi connectivity index (χ3n) is 3.53. The zero-order valence-corrected chi connectivity index (χ0v) is 12.1. The summed E-state index contributed by atoms with van der Waals surface area (Å²) in [5.74, 6) is 1.91. The molecule has 0 aliphatic heterocycles. The molecule has 2 aromatic rings. The van der Waals surface area contributed by atoms with E-state index in [1.807, 2.05) is 13.2 Å². The largest absolute Gasteiger partial charge is 0.490 e. The van der Waals surface area contributed by atoms with Gasteiger partial charge in [-0.05, 0) is 50.1 Å². The first-order chi connectivity index (χ1) is 9.76. The van der Waals surface area contributed by atoms with Gasteiger partial charge in [0.05, 0.1) is 18.4 Å². The molecule has 20 heavy (non-hydrogen) atoms. The van der Waals surface area contributed by atoms with Gasteiger partial charge < -0.3 is 14.5 Å². The summed E-state index contributed by atoms with van der Waals surface area (Å²) >= 11 is 0. The predicted octanol–water partition coefficient (Wildman–Crippen LogP) is 3.83. The number of hydrogen-bond donors (Lipinski definition) is 1. The average Bonchev–Trinajstić information content (AvgIpc) is 3.17. The number of furan rings is 1. The molecule has 1 N–H and O–H groups in total. The van der Waals surface area contributed by atoms with Crippen molar-refractivity contribution in [1.82, 2.24) is 5.32 Å². The van der Waals surface area contributed by atoms with Crippen LogP contribution in [0.1, 0.15) is 42.7 Å². The number of aryl methyl sites for hydroxylation is 1. The third kappa shape index (κ3) is 3.05. The number of hydrogen-bond acceptors (Lipinski definition) is 3. The Morgan fingerprint density at radius 3 is 2.55 bits per heavy atom. The van der Waals surface area contributed by atoms with Crippen LogP contribution in [-0.2, 0) is 0 Å². The highest BCUT2D eigenvalue weighted by Crippen LogP contribution is 2.29. The van der Waals surface area contributed by atoms with Crippen molar-refractivity contribution in [3.8, 4) is 5.75 Å². The minimum absolute atomic E-state index is 0.174. The number of nitrogens with one attached hydrogen (secondary N) is 1. The van der Waals surface area contributed by atoms with Gasteiger partial charge >= 0.3 is 0 Å². The normalized spacial score (nSPS) is 16.1. The molecule has 3 rings (SSSR count). The first kappa shape index (κ1) is 13.3. The summed E-state index contributed by atoms with van der Waals surface area (Å²) in [7, 11) is 0. The zero-order chi connectivity index (χ0) is 13.9. The molecule has 0 radical (unpaired) electrons. The standard InChI is InChI=1S/C17H21NO2/c1-3-18-17(14-10-12(2)19-11-14)13-4-6-15(7-5-13)20-16-8-9-16/h4-7,10-11,16-18H,3,8-9H2,1-2H3. The van der Waals surface area contributed by atoms with Gasteiger partial charge in [-0.1, -0.05) is 19.1 Å². The topological polar surface area (TPSA) is 34.4 Å². The number of ether oxygens (including phenoxy) is 1. The number of benzene rings is 1. The molecule has 0 bridgehead atoms. The van der Waals surface area contributed by atoms with E-state index in [0.29, 0.717) is 6.10 Å².